The van der Waals surface area contributed by atoms with Crippen molar-refractivity contribution in [2.45, 2.75) is 5.41 Å². The van der Waals surface area contributed by atoms with Crippen LogP contribution in [-0.4, -0.2) is 9.97 Å². The molecule has 4 aromatic rings. The van der Waals surface area contributed by atoms with E-state index < -0.39 is 17.3 Å². The summed E-state index contributed by atoms with van der Waals surface area (Å²) in [7, 11) is 0. The van der Waals surface area contributed by atoms with Gasteiger partial charge in [0.15, 0.2) is 0 Å². The van der Waals surface area contributed by atoms with Crippen molar-refractivity contribution in [3.8, 4) is 22.5 Å². The molecule has 128 valence electrons. The second-order valence-electron chi connectivity index (χ2n) is 6.90. The van der Waals surface area contributed by atoms with Gasteiger partial charge in [-0.05, 0) is 45.5 Å². The lowest BCUT2D eigenvalue weighted by atomic mass is 9.71. The van der Waals surface area contributed by atoms with E-state index in [4.69, 9.17) is 0 Å². The normalized spacial score (nSPS) is 14.6. The van der Waals surface area contributed by atoms with E-state index in [2.05, 4.69) is 34.2 Å². The van der Waals surface area contributed by atoms with Crippen LogP contribution in [0.15, 0.2) is 72.8 Å². The average Bonchev–Trinajstić information content (AvgIpc) is 3.14. The fourth-order valence-electron chi connectivity index (χ4n) is 4.80. The zero-order chi connectivity index (χ0) is 18.2. The Morgan fingerprint density at radius 2 is 0.963 bits per heavy atom. The molecule has 0 aliphatic heterocycles. The van der Waals surface area contributed by atoms with Crippen LogP contribution < -0.4 is 0 Å². The third-order valence-corrected chi connectivity index (χ3v) is 5.71. The van der Waals surface area contributed by atoms with Gasteiger partial charge in [0.2, 0.25) is 11.9 Å². The van der Waals surface area contributed by atoms with Gasteiger partial charge in [0.05, 0.1) is 16.8 Å². The average molecular weight is 354 g/mol. The zero-order valence-electron chi connectivity index (χ0n) is 14.1. The standard InChI is InChI=1S/C23H12F2N2/c24-19-11-9-17-21(26-19)22-18(10-12-20(25)27-22)23(17)15-7-3-1-5-13(15)14-6-2-4-8-16(14)23/h1-12H. The molecule has 0 saturated heterocycles. The van der Waals surface area contributed by atoms with Crippen molar-refractivity contribution in [2.75, 3.05) is 0 Å². The van der Waals surface area contributed by atoms with Crippen LogP contribution in [0, 0.1) is 11.9 Å². The predicted octanol–water partition coefficient (Wildman–Crippen LogP) is 5.10. The summed E-state index contributed by atoms with van der Waals surface area (Å²) < 4.78 is 28.0. The minimum atomic E-state index is -0.654. The zero-order valence-corrected chi connectivity index (χ0v) is 14.1. The number of aromatic nitrogens is 2. The van der Waals surface area contributed by atoms with Crippen LogP contribution in [0.25, 0.3) is 22.5 Å². The minimum absolute atomic E-state index is 0.413. The number of nitrogens with zero attached hydrogens (tertiary/aromatic N) is 2. The molecule has 0 saturated carbocycles. The quantitative estimate of drug-likeness (QED) is 0.355. The monoisotopic (exact) mass is 354 g/mol. The molecule has 6 rings (SSSR count). The molecule has 0 bridgehead atoms. The van der Waals surface area contributed by atoms with E-state index in [0.29, 0.717) is 11.4 Å². The van der Waals surface area contributed by atoms with Crippen LogP contribution in [0.3, 0.4) is 0 Å². The fourth-order valence-corrected chi connectivity index (χ4v) is 4.80. The summed E-state index contributed by atoms with van der Waals surface area (Å²) in [5, 5.41) is 0. The summed E-state index contributed by atoms with van der Waals surface area (Å²) >= 11 is 0. The first-order valence-electron chi connectivity index (χ1n) is 8.75. The van der Waals surface area contributed by atoms with Crippen LogP contribution in [-0.2, 0) is 5.41 Å². The minimum Gasteiger partial charge on any atom is -0.218 e. The number of rotatable bonds is 0. The van der Waals surface area contributed by atoms with E-state index in [1.165, 1.54) is 12.1 Å². The van der Waals surface area contributed by atoms with Gasteiger partial charge in [0.25, 0.3) is 0 Å². The first kappa shape index (κ1) is 14.7. The van der Waals surface area contributed by atoms with Crippen molar-refractivity contribution in [1.82, 2.24) is 9.97 Å². The van der Waals surface area contributed by atoms with Crippen LogP contribution in [0.2, 0.25) is 0 Å². The molecule has 0 N–H and O–H groups in total. The summed E-state index contributed by atoms with van der Waals surface area (Å²) in [5.74, 6) is -1.19. The molecule has 2 aliphatic rings. The highest BCUT2D eigenvalue weighted by Crippen LogP contribution is 2.61. The second kappa shape index (κ2) is 4.86. The van der Waals surface area contributed by atoms with E-state index in [0.717, 1.165) is 33.4 Å². The highest BCUT2D eigenvalue weighted by atomic mass is 19.1. The van der Waals surface area contributed by atoms with Gasteiger partial charge in [-0.25, -0.2) is 9.97 Å². The number of hydrogen-bond acceptors (Lipinski definition) is 2. The van der Waals surface area contributed by atoms with E-state index in [9.17, 15) is 8.78 Å². The number of hydrogen-bond donors (Lipinski definition) is 0. The molecular weight excluding hydrogens is 342 g/mol. The number of pyridine rings is 2. The lowest BCUT2D eigenvalue weighted by Gasteiger charge is -2.29. The Balaban J connectivity index is 1.86. The molecule has 2 aromatic heterocycles. The number of fused-ring (bicyclic) bond motifs is 10. The van der Waals surface area contributed by atoms with Crippen LogP contribution in [0.5, 0.6) is 0 Å². The van der Waals surface area contributed by atoms with Crippen molar-refractivity contribution < 1.29 is 8.78 Å². The maximum Gasteiger partial charge on any atom is 0.213 e. The Hall–Kier alpha value is -3.40. The molecule has 27 heavy (non-hydrogen) atoms. The van der Waals surface area contributed by atoms with Crippen molar-refractivity contribution in [3.63, 3.8) is 0 Å². The van der Waals surface area contributed by atoms with Gasteiger partial charge in [0, 0.05) is 0 Å². The van der Waals surface area contributed by atoms with Gasteiger partial charge in [-0.1, -0.05) is 60.7 Å². The van der Waals surface area contributed by atoms with Crippen molar-refractivity contribution in [1.29, 1.82) is 0 Å². The fraction of sp³-hybridized carbons (Fsp3) is 0.0435. The lowest BCUT2D eigenvalue weighted by molar-refractivity contribution is 0.579. The number of halogens is 2. The Kier molecular flexibility index (Phi) is 2.65. The predicted molar refractivity (Wildman–Crippen MR) is 98.2 cm³/mol. The SMILES string of the molecule is Fc1ccc2c(n1)-c1nc(F)ccc1C21c2ccccc2-c2ccccc21. The molecule has 2 aromatic carbocycles. The van der Waals surface area contributed by atoms with Gasteiger partial charge >= 0.3 is 0 Å². The smallest absolute Gasteiger partial charge is 0.213 e. The maximum absolute atomic E-state index is 14.0. The summed E-state index contributed by atoms with van der Waals surface area (Å²) in [6, 6.07) is 22.6. The Morgan fingerprint density at radius 3 is 1.44 bits per heavy atom. The molecular formula is C23H12F2N2. The Bertz CT molecular complexity index is 1160. The molecule has 0 fully saturated rings. The van der Waals surface area contributed by atoms with E-state index >= 15 is 0 Å². The topological polar surface area (TPSA) is 25.8 Å². The maximum atomic E-state index is 14.0. The van der Waals surface area contributed by atoms with Gasteiger partial charge in [-0.2, -0.15) is 8.78 Å². The summed E-state index contributed by atoms with van der Waals surface area (Å²) in [6.45, 7) is 0. The van der Waals surface area contributed by atoms with Crippen LogP contribution in [0.4, 0.5) is 8.78 Å². The molecule has 0 unspecified atom stereocenters. The van der Waals surface area contributed by atoms with Crippen molar-refractivity contribution in [3.05, 3.63) is 107 Å². The van der Waals surface area contributed by atoms with Crippen LogP contribution >= 0.6 is 0 Å². The molecule has 4 heteroatoms. The molecule has 2 heterocycles. The molecule has 1 spiro atoms. The highest BCUT2D eigenvalue weighted by molar-refractivity contribution is 5.92. The molecule has 2 aliphatic carbocycles. The summed E-state index contributed by atoms with van der Waals surface area (Å²) in [6.07, 6.45) is 0. The van der Waals surface area contributed by atoms with E-state index in [-0.39, 0.29) is 0 Å². The molecule has 0 amide bonds. The Morgan fingerprint density at radius 1 is 0.519 bits per heavy atom. The van der Waals surface area contributed by atoms with Crippen molar-refractivity contribution >= 4 is 0 Å². The van der Waals surface area contributed by atoms with E-state index in [1.807, 2.05) is 24.3 Å². The molecule has 2 nitrogen and oxygen atoms in total. The van der Waals surface area contributed by atoms with Crippen LogP contribution in [0.1, 0.15) is 22.3 Å². The largest absolute Gasteiger partial charge is 0.218 e. The van der Waals surface area contributed by atoms with Crippen molar-refractivity contribution in [2.24, 2.45) is 0 Å². The third-order valence-electron chi connectivity index (χ3n) is 5.71. The van der Waals surface area contributed by atoms with Gasteiger partial charge in [0.1, 0.15) is 0 Å². The first-order valence-corrected chi connectivity index (χ1v) is 8.75. The van der Waals surface area contributed by atoms with Gasteiger partial charge in [-0.15, -0.1) is 0 Å². The van der Waals surface area contributed by atoms with Gasteiger partial charge in [-0.3, -0.25) is 0 Å². The first-order chi connectivity index (χ1) is 13.2. The van der Waals surface area contributed by atoms with Gasteiger partial charge < -0.3 is 0 Å². The molecule has 0 radical (unpaired) electrons. The Labute approximate surface area is 154 Å². The van der Waals surface area contributed by atoms with E-state index in [1.54, 1.807) is 12.1 Å². The lowest BCUT2D eigenvalue weighted by Crippen LogP contribution is -2.26. The number of benzene rings is 2. The third kappa shape index (κ3) is 1.63. The summed E-state index contributed by atoms with van der Waals surface area (Å²) in [5.41, 5.74) is 6.29. The summed E-state index contributed by atoms with van der Waals surface area (Å²) in [4.78, 5) is 8.21. The highest BCUT2D eigenvalue weighted by Gasteiger charge is 2.52. The molecule has 0 atom stereocenters. The second-order valence-corrected chi connectivity index (χ2v) is 6.90.